The van der Waals surface area contributed by atoms with Crippen LogP contribution in [-0.2, 0) is 23.7 Å². The second kappa shape index (κ2) is 22.1. The van der Waals surface area contributed by atoms with E-state index < -0.39 is 0 Å². The van der Waals surface area contributed by atoms with Gasteiger partial charge in [-0.3, -0.25) is 0 Å². The second-order valence-corrected chi connectivity index (χ2v) is 2.82. The van der Waals surface area contributed by atoms with Gasteiger partial charge in [0.2, 0.25) is 0 Å². The standard InChI is InChI=1S/C10H22O5.BH4.Na/c1-11-3-5-13-7-9-15-10-8-14-6-4-12-2;;/h3-10H2,1-2H3;1H4;/q;-1;+1. The van der Waals surface area contributed by atoms with Crippen LogP contribution in [0.1, 0.15) is 0 Å². The van der Waals surface area contributed by atoms with E-state index in [1.807, 2.05) is 0 Å². The fraction of sp³-hybridized carbons (Fsp3) is 1.00. The predicted molar refractivity (Wildman–Crippen MR) is 67.5 cm³/mol. The minimum atomic E-state index is 0. The summed E-state index contributed by atoms with van der Waals surface area (Å²) in [7, 11) is 3.30. The summed E-state index contributed by atoms with van der Waals surface area (Å²) in [5, 5.41) is 0. The molecule has 0 bridgehead atoms. The maximum atomic E-state index is 5.26. The van der Waals surface area contributed by atoms with E-state index in [2.05, 4.69) is 0 Å². The van der Waals surface area contributed by atoms with Gasteiger partial charge in [0.1, 0.15) is 0 Å². The first-order valence-electron chi connectivity index (χ1n) is 5.13. The normalized spacial score (nSPS) is 9.53. The van der Waals surface area contributed by atoms with Crippen LogP contribution in [0.4, 0.5) is 0 Å². The van der Waals surface area contributed by atoms with Gasteiger partial charge in [-0.05, 0) is 0 Å². The fourth-order valence-corrected chi connectivity index (χ4v) is 0.826. The number of methoxy groups -OCH3 is 2. The van der Waals surface area contributed by atoms with Gasteiger partial charge in [0.15, 0.2) is 0 Å². The molecule has 0 heterocycles. The van der Waals surface area contributed by atoms with Crippen LogP contribution in [0.5, 0.6) is 0 Å². The first-order valence-corrected chi connectivity index (χ1v) is 5.13. The van der Waals surface area contributed by atoms with Crippen molar-refractivity contribution >= 4 is 8.41 Å². The molecular formula is C10H26BNaO5. The first kappa shape index (κ1) is 23.0. The van der Waals surface area contributed by atoms with Crippen molar-refractivity contribution in [2.45, 2.75) is 0 Å². The van der Waals surface area contributed by atoms with Crippen LogP contribution in [-0.4, -0.2) is 75.5 Å². The van der Waals surface area contributed by atoms with Gasteiger partial charge in [-0.2, -0.15) is 0 Å². The average molecular weight is 260 g/mol. The van der Waals surface area contributed by atoms with E-state index in [0.29, 0.717) is 52.9 Å². The second-order valence-electron chi connectivity index (χ2n) is 2.82. The summed E-state index contributed by atoms with van der Waals surface area (Å²) in [6.07, 6.45) is 0. The molecule has 0 radical (unpaired) electrons. The van der Waals surface area contributed by atoms with Crippen LogP contribution < -0.4 is 29.6 Å². The molecule has 0 aliphatic carbocycles. The Kier molecular flexibility index (Phi) is 29.9. The molecule has 0 saturated heterocycles. The van der Waals surface area contributed by atoms with Gasteiger partial charge in [-0.15, -0.1) is 0 Å². The molecule has 7 heteroatoms. The van der Waals surface area contributed by atoms with Crippen molar-refractivity contribution < 1.29 is 53.2 Å². The van der Waals surface area contributed by atoms with Crippen LogP contribution in [0.2, 0.25) is 0 Å². The Morgan fingerprint density at radius 2 is 0.765 bits per heavy atom. The Balaban J connectivity index is -0.000000980. The summed E-state index contributed by atoms with van der Waals surface area (Å²) in [5.74, 6) is 0. The van der Waals surface area contributed by atoms with Crippen LogP contribution in [0.15, 0.2) is 0 Å². The third kappa shape index (κ3) is 22.5. The summed E-state index contributed by atoms with van der Waals surface area (Å²) in [5.41, 5.74) is 0. The zero-order valence-electron chi connectivity index (χ0n) is 10.7. The number of rotatable bonds is 12. The topological polar surface area (TPSA) is 46.2 Å². The first-order chi connectivity index (χ1) is 7.41. The molecule has 0 unspecified atom stereocenters. The Morgan fingerprint density at radius 1 is 0.529 bits per heavy atom. The molecule has 0 spiro atoms. The van der Waals surface area contributed by atoms with E-state index in [-0.39, 0.29) is 38.0 Å². The summed E-state index contributed by atoms with van der Waals surface area (Å²) in [4.78, 5) is 0. The number of ether oxygens (including phenoxy) is 5. The molecule has 0 aromatic rings. The molecule has 0 aliphatic rings. The Bertz CT molecular complexity index is 109. The fourth-order valence-electron chi connectivity index (χ4n) is 0.826. The van der Waals surface area contributed by atoms with Gasteiger partial charge < -0.3 is 23.7 Å². The Morgan fingerprint density at radius 3 is 1.00 bits per heavy atom. The molecule has 0 rings (SSSR count). The molecule has 0 aliphatic heterocycles. The summed E-state index contributed by atoms with van der Waals surface area (Å²) in [6, 6.07) is 0. The van der Waals surface area contributed by atoms with Gasteiger partial charge in [0, 0.05) is 14.2 Å². The van der Waals surface area contributed by atoms with E-state index in [9.17, 15) is 0 Å². The van der Waals surface area contributed by atoms with Crippen molar-refractivity contribution in [3.8, 4) is 0 Å². The minimum absolute atomic E-state index is 0. The van der Waals surface area contributed by atoms with E-state index in [4.69, 9.17) is 23.7 Å². The molecule has 0 aromatic carbocycles. The van der Waals surface area contributed by atoms with Crippen molar-refractivity contribution in [1.82, 2.24) is 0 Å². The molecule has 0 atom stereocenters. The molecule has 0 saturated carbocycles. The SMILES string of the molecule is COCCOCCOCCOCCOC.[BH4-].[Na+]. The zero-order chi connectivity index (χ0) is 11.2. The van der Waals surface area contributed by atoms with Crippen LogP contribution >= 0.6 is 0 Å². The Labute approximate surface area is 128 Å². The van der Waals surface area contributed by atoms with Crippen molar-refractivity contribution in [1.29, 1.82) is 0 Å². The smallest absolute Gasteiger partial charge is 0.382 e. The predicted octanol–water partition coefficient (Wildman–Crippen LogP) is -4.12. The molecule has 5 nitrogen and oxygen atoms in total. The molecule has 0 fully saturated rings. The third-order valence-electron chi connectivity index (χ3n) is 1.61. The average Bonchev–Trinajstić information content (AvgIpc) is 2.26. The molecule has 100 valence electrons. The summed E-state index contributed by atoms with van der Waals surface area (Å²) < 4.78 is 25.3. The van der Waals surface area contributed by atoms with E-state index in [1.165, 1.54) is 0 Å². The van der Waals surface area contributed by atoms with Crippen LogP contribution in [0.3, 0.4) is 0 Å². The molecule has 17 heavy (non-hydrogen) atoms. The van der Waals surface area contributed by atoms with Gasteiger partial charge in [-0.1, -0.05) is 8.41 Å². The molecule has 0 amide bonds. The van der Waals surface area contributed by atoms with Crippen LogP contribution in [0.25, 0.3) is 0 Å². The summed E-state index contributed by atoms with van der Waals surface area (Å²) in [6.45, 7) is 4.87. The largest absolute Gasteiger partial charge is 1.00 e. The van der Waals surface area contributed by atoms with E-state index >= 15 is 0 Å². The zero-order valence-corrected chi connectivity index (χ0v) is 12.7. The van der Waals surface area contributed by atoms with Crippen molar-refractivity contribution in [3.63, 3.8) is 0 Å². The molecule has 0 N–H and O–H groups in total. The Hall–Kier alpha value is 0.865. The van der Waals surface area contributed by atoms with Gasteiger partial charge in [0.05, 0.1) is 52.9 Å². The van der Waals surface area contributed by atoms with Gasteiger partial charge >= 0.3 is 29.6 Å². The van der Waals surface area contributed by atoms with E-state index in [0.717, 1.165) is 0 Å². The molecular weight excluding hydrogens is 234 g/mol. The van der Waals surface area contributed by atoms with Crippen molar-refractivity contribution in [2.75, 3.05) is 67.1 Å². The minimum Gasteiger partial charge on any atom is -0.382 e. The maximum Gasteiger partial charge on any atom is 1.00 e. The van der Waals surface area contributed by atoms with E-state index in [1.54, 1.807) is 14.2 Å². The molecule has 0 aromatic heterocycles. The maximum absolute atomic E-state index is 5.26. The quantitative estimate of drug-likeness (QED) is 0.263. The monoisotopic (exact) mass is 260 g/mol. The van der Waals surface area contributed by atoms with Crippen molar-refractivity contribution in [3.05, 3.63) is 0 Å². The van der Waals surface area contributed by atoms with Crippen LogP contribution in [0, 0.1) is 0 Å². The number of hydrogen-bond donors (Lipinski definition) is 0. The van der Waals surface area contributed by atoms with Crippen molar-refractivity contribution in [2.24, 2.45) is 0 Å². The third-order valence-corrected chi connectivity index (χ3v) is 1.61. The van der Waals surface area contributed by atoms with Gasteiger partial charge in [-0.25, -0.2) is 0 Å². The number of hydrogen-bond acceptors (Lipinski definition) is 5. The van der Waals surface area contributed by atoms with Gasteiger partial charge in [0.25, 0.3) is 0 Å². The summed E-state index contributed by atoms with van der Waals surface area (Å²) >= 11 is 0.